The van der Waals surface area contributed by atoms with Gasteiger partial charge in [0, 0.05) is 92.6 Å². The number of nitrogens with one attached hydrogen (secondary N) is 4. The molecule has 6 rings (SSSR count). The number of hydrogen-bond acceptors (Lipinski definition) is 13. The topological polar surface area (TPSA) is 234 Å². The zero-order valence-electron chi connectivity index (χ0n) is 33.3. The summed E-state index contributed by atoms with van der Waals surface area (Å²) in [5, 5.41) is 20.4. The molecule has 2 atom stereocenters. The molecule has 8 N–H and O–H groups in total. The number of aliphatic imine (C=N–C) groups is 1. The molecule has 59 heavy (non-hydrogen) atoms. The van der Waals surface area contributed by atoms with E-state index < -0.39 is 22.5 Å². The monoisotopic (exact) mass is 827 g/mol. The second-order valence-corrected chi connectivity index (χ2v) is 16.0. The molecule has 0 spiro atoms. The molecule has 4 aromatic rings. The van der Waals surface area contributed by atoms with E-state index in [2.05, 4.69) is 51.9 Å². The van der Waals surface area contributed by atoms with E-state index in [0.717, 1.165) is 69.6 Å². The summed E-state index contributed by atoms with van der Waals surface area (Å²) in [6.07, 6.45) is 8.80. The predicted octanol–water partition coefficient (Wildman–Crippen LogP) is 3.56. The average Bonchev–Trinajstić information content (AvgIpc) is 3.65. The third kappa shape index (κ3) is 10.3. The molecule has 0 saturated carbocycles. The van der Waals surface area contributed by atoms with Crippen LogP contribution in [0.4, 0.5) is 27.4 Å². The summed E-state index contributed by atoms with van der Waals surface area (Å²) >= 11 is 0. The molecule has 2 aliphatic rings. The highest BCUT2D eigenvalue weighted by atomic mass is 32.2. The van der Waals surface area contributed by atoms with Gasteiger partial charge < -0.3 is 42.5 Å². The lowest BCUT2D eigenvalue weighted by molar-refractivity contribution is -0.117. The first-order chi connectivity index (χ1) is 28.5. The summed E-state index contributed by atoms with van der Waals surface area (Å²) in [5.41, 5.74) is 16.6. The Hall–Kier alpha value is -6.21. The number of rotatable bonds is 17. The Bertz CT molecular complexity index is 2300. The summed E-state index contributed by atoms with van der Waals surface area (Å²) in [6.45, 7) is 7.97. The van der Waals surface area contributed by atoms with E-state index in [1.165, 1.54) is 34.7 Å². The van der Waals surface area contributed by atoms with Crippen LogP contribution in [0.15, 0.2) is 70.5 Å². The first kappa shape index (κ1) is 42.4. The normalized spacial score (nSPS) is 17.1. The summed E-state index contributed by atoms with van der Waals surface area (Å²) in [4.78, 5) is 40.6. The molecular formula is C40H50FN13O4S. The number of allylic oxidation sites excluding steroid dienone is 1. The standard InChI is InChI=1S/C40H50FN13O4S/c1-25(2)58-37-36(27(20-42)21-43)47-23-54-39(37)50-40(51-54)48-33-10-8-30(19-32(33)41)59(57)29-6-4-5-26(17-29)22-52-13-15-53(16-14-52)28-7-9-31(34(18-28)45-3)38(44)49-35(56)11-12-46-24-55/h7-10,17-21,23-25,29,42,45H,4-6,11-16,22,43H2,1-3H3,(H,46,55)(H,48,51)(H2,44,49,56)/b27-21+,42-20?. The van der Waals surface area contributed by atoms with Crippen molar-refractivity contribution in [2.45, 2.75) is 55.8 Å². The van der Waals surface area contributed by atoms with E-state index in [9.17, 15) is 13.8 Å². The van der Waals surface area contributed by atoms with Gasteiger partial charge in [-0.05, 0) is 69.5 Å². The van der Waals surface area contributed by atoms with Crippen LogP contribution in [0.25, 0.3) is 11.2 Å². The third-order valence-electron chi connectivity index (χ3n) is 9.93. The van der Waals surface area contributed by atoms with E-state index >= 15 is 4.39 Å². The van der Waals surface area contributed by atoms with Gasteiger partial charge >= 0.3 is 0 Å². The van der Waals surface area contributed by atoms with Crippen molar-refractivity contribution in [2.24, 2.45) is 16.5 Å². The van der Waals surface area contributed by atoms with Crippen molar-refractivity contribution in [2.75, 3.05) is 61.8 Å². The van der Waals surface area contributed by atoms with Crippen molar-refractivity contribution >= 4 is 69.4 Å². The maximum absolute atomic E-state index is 15.6. The minimum absolute atomic E-state index is 0.0595. The summed E-state index contributed by atoms with van der Waals surface area (Å²) in [5.74, 6) is -0.510. The number of piperazine rings is 1. The first-order valence-electron chi connectivity index (χ1n) is 19.4. The zero-order valence-corrected chi connectivity index (χ0v) is 34.1. The molecule has 1 aliphatic heterocycles. The average molecular weight is 828 g/mol. The van der Waals surface area contributed by atoms with E-state index in [-0.39, 0.29) is 47.5 Å². The molecule has 1 saturated heterocycles. The number of anilines is 4. The van der Waals surface area contributed by atoms with Crippen LogP contribution in [-0.2, 0) is 20.4 Å². The highest BCUT2D eigenvalue weighted by Gasteiger charge is 2.25. The second kappa shape index (κ2) is 19.5. The van der Waals surface area contributed by atoms with Gasteiger partial charge in [-0.3, -0.25) is 18.7 Å². The largest absolute Gasteiger partial charge is 0.485 e. The smallest absolute Gasteiger partial charge is 0.249 e. The van der Waals surface area contributed by atoms with E-state index in [4.69, 9.17) is 21.6 Å². The van der Waals surface area contributed by atoms with Gasteiger partial charge in [0.15, 0.2) is 5.75 Å². The van der Waals surface area contributed by atoms with Crippen LogP contribution in [0.5, 0.6) is 5.75 Å². The Morgan fingerprint density at radius 3 is 2.66 bits per heavy atom. The fraction of sp³-hybridized carbons (Fsp3) is 0.375. The number of nitrogens with zero attached hydrogens (tertiary/aromatic N) is 7. The molecule has 1 aliphatic carbocycles. The molecule has 312 valence electrons. The molecule has 0 bridgehead atoms. The lowest BCUT2D eigenvalue weighted by atomic mass is 9.98. The highest BCUT2D eigenvalue weighted by Crippen LogP contribution is 2.32. The first-order valence-corrected chi connectivity index (χ1v) is 20.6. The summed E-state index contributed by atoms with van der Waals surface area (Å²) < 4.78 is 36.7. The second-order valence-electron chi connectivity index (χ2n) is 14.3. The molecule has 2 aromatic heterocycles. The van der Waals surface area contributed by atoms with Crippen LogP contribution in [0.1, 0.15) is 50.8 Å². The number of carbonyl (C=O) groups excluding carboxylic acids is 2. The minimum Gasteiger partial charge on any atom is -0.485 e. The number of halogens is 1. The molecule has 3 heterocycles. The molecule has 2 unspecified atom stereocenters. The maximum atomic E-state index is 15.6. The van der Waals surface area contributed by atoms with Crippen molar-refractivity contribution in [3.05, 3.63) is 77.6 Å². The fourth-order valence-electron chi connectivity index (χ4n) is 7.01. The number of ether oxygens (including phenoxy) is 1. The number of carbonyl (C=O) groups is 2. The number of amidine groups is 1. The lowest BCUT2D eigenvalue weighted by Crippen LogP contribution is -2.47. The number of benzene rings is 2. The SMILES string of the molecule is CNc1cc(N2CCN(CC3=CC(S(=O)c4ccc(Nc5nc6c(OC(C)C)c(/C(C=N)=C/N)ncn6n5)c(F)c4)CCC3)CC2)ccc1C(N)=NC(=O)CCNC=O. The van der Waals surface area contributed by atoms with Crippen LogP contribution in [0.3, 0.4) is 0 Å². The quantitative estimate of drug-likeness (QED) is 0.0294. The van der Waals surface area contributed by atoms with Gasteiger partial charge in [-0.15, -0.1) is 5.10 Å². The van der Waals surface area contributed by atoms with Gasteiger partial charge in [-0.25, -0.2) is 9.37 Å². The van der Waals surface area contributed by atoms with Crippen molar-refractivity contribution in [1.29, 1.82) is 5.41 Å². The Labute approximate surface area is 344 Å². The van der Waals surface area contributed by atoms with Crippen molar-refractivity contribution in [1.82, 2.24) is 29.8 Å². The Kier molecular flexibility index (Phi) is 14.0. The van der Waals surface area contributed by atoms with Gasteiger partial charge in [0.05, 0.1) is 27.8 Å². The minimum atomic E-state index is -1.46. The molecule has 2 amide bonds. The highest BCUT2D eigenvalue weighted by molar-refractivity contribution is 7.85. The number of amides is 2. The Morgan fingerprint density at radius 2 is 1.97 bits per heavy atom. The Balaban J connectivity index is 1.06. The number of hydrogen-bond donors (Lipinski definition) is 6. The van der Waals surface area contributed by atoms with E-state index in [1.807, 2.05) is 32.0 Å². The van der Waals surface area contributed by atoms with Crippen LogP contribution in [0, 0.1) is 11.2 Å². The predicted molar refractivity (Wildman–Crippen MR) is 228 cm³/mol. The molecule has 0 radical (unpaired) electrons. The molecule has 1 fully saturated rings. The van der Waals surface area contributed by atoms with Gasteiger partial charge in [0.2, 0.25) is 23.9 Å². The third-order valence-corrected chi connectivity index (χ3v) is 11.6. The van der Waals surface area contributed by atoms with E-state index in [1.54, 1.807) is 13.1 Å². The van der Waals surface area contributed by atoms with Crippen LogP contribution < -0.4 is 37.1 Å². The zero-order chi connectivity index (χ0) is 42.1. The van der Waals surface area contributed by atoms with Gasteiger partial charge in [-0.2, -0.15) is 14.5 Å². The van der Waals surface area contributed by atoms with Crippen molar-refractivity contribution in [3.63, 3.8) is 0 Å². The van der Waals surface area contributed by atoms with Gasteiger partial charge in [0.1, 0.15) is 23.7 Å². The number of nitrogens with two attached hydrogens (primary N) is 2. The maximum Gasteiger partial charge on any atom is 0.249 e. The fourth-order valence-corrected chi connectivity index (χ4v) is 8.48. The van der Waals surface area contributed by atoms with Gasteiger partial charge in [0.25, 0.3) is 0 Å². The lowest BCUT2D eigenvalue weighted by Gasteiger charge is -2.37. The van der Waals surface area contributed by atoms with Crippen LogP contribution in [0.2, 0.25) is 0 Å². The molecule has 19 heteroatoms. The van der Waals surface area contributed by atoms with Crippen molar-refractivity contribution in [3.8, 4) is 5.75 Å². The van der Waals surface area contributed by atoms with Crippen LogP contribution in [-0.4, -0.2) is 111 Å². The van der Waals surface area contributed by atoms with Crippen LogP contribution >= 0.6 is 0 Å². The summed E-state index contributed by atoms with van der Waals surface area (Å²) in [6, 6.07) is 10.3. The van der Waals surface area contributed by atoms with Gasteiger partial charge in [-0.1, -0.05) is 11.6 Å². The van der Waals surface area contributed by atoms with E-state index in [0.29, 0.717) is 33.8 Å². The molecule has 2 aromatic carbocycles. The number of aromatic nitrogens is 4. The Morgan fingerprint density at radius 1 is 1.17 bits per heavy atom. The summed E-state index contributed by atoms with van der Waals surface area (Å²) in [7, 11) is 0.330. The molecular weight excluding hydrogens is 778 g/mol. The molecule has 17 nitrogen and oxygen atoms in total. The van der Waals surface area contributed by atoms with Crippen molar-refractivity contribution < 1.29 is 22.9 Å². The number of fused-ring (bicyclic) bond motifs is 1.